The van der Waals surface area contributed by atoms with Crippen molar-refractivity contribution in [3.05, 3.63) is 35.9 Å². The molecule has 0 amide bonds. The summed E-state index contributed by atoms with van der Waals surface area (Å²) < 4.78 is 1.43. The topological polar surface area (TPSA) is 80.9 Å². The van der Waals surface area contributed by atoms with Gasteiger partial charge in [0.1, 0.15) is 0 Å². The SMILES string of the molecule is O=Cc1cn(-c2ncccn2)nc1CCO. The number of aliphatic hydroxyl groups excluding tert-OH is 1. The molecule has 0 spiro atoms. The Balaban J connectivity index is 2.40. The smallest absolute Gasteiger partial charge is 0.250 e. The summed E-state index contributed by atoms with van der Waals surface area (Å²) >= 11 is 0. The molecule has 2 aromatic heterocycles. The number of rotatable bonds is 4. The first-order chi connectivity index (χ1) is 7.85. The molecule has 0 saturated carbocycles. The van der Waals surface area contributed by atoms with E-state index in [1.165, 1.54) is 4.68 Å². The van der Waals surface area contributed by atoms with Gasteiger partial charge in [0, 0.05) is 31.6 Å². The Kier molecular flexibility index (Phi) is 3.02. The number of aldehydes is 1. The fourth-order valence-electron chi connectivity index (χ4n) is 1.33. The van der Waals surface area contributed by atoms with Crippen molar-refractivity contribution in [2.45, 2.75) is 6.42 Å². The van der Waals surface area contributed by atoms with Crippen LogP contribution in [0.4, 0.5) is 0 Å². The van der Waals surface area contributed by atoms with Crippen LogP contribution in [0, 0.1) is 0 Å². The van der Waals surface area contributed by atoms with Gasteiger partial charge in [-0.15, -0.1) is 0 Å². The third-order valence-electron chi connectivity index (χ3n) is 2.06. The lowest BCUT2D eigenvalue weighted by Gasteiger charge is -1.96. The van der Waals surface area contributed by atoms with Gasteiger partial charge in [0.2, 0.25) is 5.95 Å². The average Bonchev–Trinajstić information content (AvgIpc) is 2.74. The standard InChI is InChI=1S/C10H10N4O2/c15-5-2-9-8(7-16)6-14(13-9)10-11-3-1-4-12-10/h1,3-4,6-7,15H,2,5H2. The first-order valence-corrected chi connectivity index (χ1v) is 4.77. The van der Waals surface area contributed by atoms with Crippen molar-refractivity contribution in [3.8, 4) is 5.95 Å². The Hall–Kier alpha value is -2.08. The molecule has 16 heavy (non-hydrogen) atoms. The molecule has 1 N–H and O–H groups in total. The van der Waals surface area contributed by atoms with E-state index >= 15 is 0 Å². The Labute approximate surface area is 91.6 Å². The van der Waals surface area contributed by atoms with E-state index in [4.69, 9.17) is 5.11 Å². The average molecular weight is 218 g/mol. The maximum atomic E-state index is 10.8. The molecule has 2 aromatic rings. The van der Waals surface area contributed by atoms with Gasteiger partial charge in [0.05, 0.1) is 11.3 Å². The second-order valence-corrected chi connectivity index (χ2v) is 3.12. The molecule has 0 radical (unpaired) electrons. The summed E-state index contributed by atoms with van der Waals surface area (Å²) in [5.74, 6) is 0.398. The van der Waals surface area contributed by atoms with E-state index < -0.39 is 0 Å². The lowest BCUT2D eigenvalue weighted by Crippen LogP contribution is -2.01. The van der Waals surface area contributed by atoms with Crippen LogP contribution in [0.1, 0.15) is 16.1 Å². The minimum Gasteiger partial charge on any atom is -0.396 e. The predicted molar refractivity (Wildman–Crippen MR) is 55.3 cm³/mol. The predicted octanol–water partition coefficient (Wildman–Crippen LogP) is 0.00960. The zero-order valence-corrected chi connectivity index (χ0v) is 8.45. The number of aromatic nitrogens is 4. The van der Waals surface area contributed by atoms with Crippen molar-refractivity contribution in [3.63, 3.8) is 0 Å². The maximum Gasteiger partial charge on any atom is 0.250 e. The molecular formula is C10H10N4O2. The molecule has 6 heteroatoms. The number of carbonyl (C=O) groups is 1. The summed E-state index contributed by atoms with van der Waals surface area (Å²) in [5.41, 5.74) is 0.992. The molecule has 0 saturated heterocycles. The molecule has 0 bridgehead atoms. The highest BCUT2D eigenvalue weighted by molar-refractivity contribution is 5.76. The van der Waals surface area contributed by atoms with Crippen LogP contribution in [0.2, 0.25) is 0 Å². The Morgan fingerprint density at radius 3 is 2.75 bits per heavy atom. The molecule has 0 atom stereocenters. The number of aliphatic hydroxyl groups is 1. The fraction of sp³-hybridized carbons (Fsp3) is 0.200. The molecule has 0 fully saturated rings. The van der Waals surface area contributed by atoms with E-state index in [9.17, 15) is 4.79 Å². The second kappa shape index (κ2) is 4.63. The van der Waals surface area contributed by atoms with Crippen LogP contribution in [0.3, 0.4) is 0 Å². The van der Waals surface area contributed by atoms with Gasteiger partial charge in [-0.05, 0) is 6.07 Å². The summed E-state index contributed by atoms with van der Waals surface area (Å²) in [6, 6.07) is 1.70. The third kappa shape index (κ3) is 1.96. The summed E-state index contributed by atoms with van der Waals surface area (Å²) in [6.07, 6.45) is 5.78. The number of nitrogens with zero attached hydrogens (tertiary/aromatic N) is 4. The van der Waals surface area contributed by atoms with Crippen molar-refractivity contribution in [2.24, 2.45) is 0 Å². The van der Waals surface area contributed by atoms with Gasteiger partial charge in [-0.1, -0.05) is 0 Å². The molecule has 0 aliphatic heterocycles. The van der Waals surface area contributed by atoms with Crippen molar-refractivity contribution >= 4 is 6.29 Å². The van der Waals surface area contributed by atoms with Gasteiger partial charge in [0.25, 0.3) is 0 Å². The minimum absolute atomic E-state index is 0.0481. The first kappa shape index (κ1) is 10.4. The highest BCUT2D eigenvalue weighted by atomic mass is 16.3. The summed E-state index contributed by atoms with van der Waals surface area (Å²) in [6.45, 7) is -0.0481. The zero-order valence-electron chi connectivity index (χ0n) is 8.45. The van der Waals surface area contributed by atoms with E-state index in [-0.39, 0.29) is 6.61 Å². The quantitative estimate of drug-likeness (QED) is 0.731. The van der Waals surface area contributed by atoms with E-state index in [0.717, 1.165) is 0 Å². The normalized spacial score (nSPS) is 10.3. The minimum atomic E-state index is -0.0481. The molecule has 2 rings (SSSR count). The monoisotopic (exact) mass is 218 g/mol. The molecule has 0 aliphatic rings. The summed E-state index contributed by atoms with van der Waals surface area (Å²) in [4.78, 5) is 18.8. The molecule has 0 aliphatic carbocycles. The van der Waals surface area contributed by atoms with E-state index in [2.05, 4.69) is 15.1 Å². The highest BCUT2D eigenvalue weighted by Crippen LogP contribution is 2.07. The molecule has 0 unspecified atom stereocenters. The molecule has 0 aromatic carbocycles. The lowest BCUT2D eigenvalue weighted by molar-refractivity contribution is 0.112. The van der Waals surface area contributed by atoms with Crippen LogP contribution in [0.15, 0.2) is 24.7 Å². The van der Waals surface area contributed by atoms with Crippen LogP contribution in [0.25, 0.3) is 5.95 Å². The fourth-order valence-corrected chi connectivity index (χ4v) is 1.33. The van der Waals surface area contributed by atoms with Gasteiger partial charge in [0.15, 0.2) is 6.29 Å². The largest absolute Gasteiger partial charge is 0.396 e. The summed E-state index contributed by atoms with van der Waals surface area (Å²) in [5, 5.41) is 13.0. The Bertz CT molecular complexity index is 481. The van der Waals surface area contributed by atoms with E-state index in [1.807, 2.05) is 0 Å². The maximum absolute atomic E-state index is 10.8. The zero-order chi connectivity index (χ0) is 11.4. The molecule has 2 heterocycles. The summed E-state index contributed by atoms with van der Waals surface area (Å²) in [7, 11) is 0. The first-order valence-electron chi connectivity index (χ1n) is 4.77. The second-order valence-electron chi connectivity index (χ2n) is 3.12. The molecule has 6 nitrogen and oxygen atoms in total. The van der Waals surface area contributed by atoms with Crippen LogP contribution in [-0.4, -0.2) is 37.7 Å². The van der Waals surface area contributed by atoms with Gasteiger partial charge < -0.3 is 5.11 Å². The highest BCUT2D eigenvalue weighted by Gasteiger charge is 2.09. The Morgan fingerprint density at radius 2 is 2.12 bits per heavy atom. The van der Waals surface area contributed by atoms with E-state index in [0.29, 0.717) is 29.9 Å². The molecular weight excluding hydrogens is 208 g/mol. The Morgan fingerprint density at radius 1 is 1.38 bits per heavy atom. The van der Waals surface area contributed by atoms with Gasteiger partial charge in [-0.25, -0.2) is 14.6 Å². The van der Waals surface area contributed by atoms with Crippen molar-refractivity contribution in [1.29, 1.82) is 0 Å². The van der Waals surface area contributed by atoms with Crippen molar-refractivity contribution in [1.82, 2.24) is 19.7 Å². The van der Waals surface area contributed by atoms with Crippen molar-refractivity contribution in [2.75, 3.05) is 6.61 Å². The van der Waals surface area contributed by atoms with Gasteiger partial charge >= 0.3 is 0 Å². The lowest BCUT2D eigenvalue weighted by atomic mass is 10.2. The van der Waals surface area contributed by atoms with E-state index in [1.54, 1.807) is 24.7 Å². The number of hydrogen-bond donors (Lipinski definition) is 1. The van der Waals surface area contributed by atoms with Gasteiger partial charge in [-0.2, -0.15) is 5.10 Å². The molecule has 82 valence electrons. The van der Waals surface area contributed by atoms with Crippen LogP contribution in [-0.2, 0) is 6.42 Å². The third-order valence-corrected chi connectivity index (χ3v) is 2.06. The number of carbonyl (C=O) groups excluding carboxylic acids is 1. The van der Waals surface area contributed by atoms with Crippen LogP contribution < -0.4 is 0 Å². The number of hydrogen-bond acceptors (Lipinski definition) is 5. The van der Waals surface area contributed by atoms with Crippen LogP contribution >= 0.6 is 0 Å². The van der Waals surface area contributed by atoms with Gasteiger partial charge in [-0.3, -0.25) is 4.79 Å². The van der Waals surface area contributed by atoms with Crippen molar-refractivity contribution < 1.29 is 9.90 Å². The van der Waals surface area contributed by atoms with Crippen LogP contribution in [0.5, 0.6) is 0 Å².